The molecule has 0 heterocycles. The smallest absolute Gasteiger partial charge is 0.176 e. The van der Waals surface area contributed by atoms with Gasteiger partial charge in [-0.2, -0.15) is 0 Å². The van der Waals surface area contributed by atoms with Gasteiger partial charge in [-0.25, -0.2) is 0 Å². The molecule has 7 heavy (non-hydrogen) atoms. The molecular formula is C4H7NO2. The first-order valence-corrected chi connectivity index (χ1v) is 2.01. The van der Waals surface area contributed by atoms with E-state index in [9.17, 15) is 4.79 Å². The van der Waals surface area contributed by atoms with Crippen LogP contribution in [0.4, 0.5) is 0 Å². The molecule has 0 unspecified atom stereocenters. The van der Waals surface area contributed by atoms with Gasteiger partial charge in [0.2, 0.25) is 0 Å². The Bertz CT molecular complexity index is 87.7. The quantitative estimate of drug-likeness (QED) is 0.311. The highest BCUT2D eigenvalue weighted by molar-refractivity contribution is 6.27. The van der Waals surface area contributed by atoms with Crippen molar-refractivity contribution < 1.29 is 10.0 Å². The van der Waals surface area contributed by atoms with Gasteiger partial charge in [0.15, 0.2) is 5.78 Å². The summed E-state index contributed by atoms with van der Waals surface area (Å²) in [7, 11) is 0. The zero-order chi connectivity index (χ0) is 5.70. The molecule has 1 N–H and O–H groups in total. The molecule has 0 spiro atoms. The summed E-state index contributed by atoms with van der Waals surface area (Å²) in [5.41, 5.74) is 0. The molecule has 0 bridgehead atoms. The van der Waals surface area contributed by atoms with Gasteiger partial charge < -0.3 is 5.21 Å². The minimum Gasteiger partial charge on any atom is -0.411 e. The van der Waals surface area contributed by atoms with Crippen molar-refractivity contribution in [3.05, 3.63) is 0 Å². The molecule has 40 valence electrons. The third-order valence-electron chi connectivity index (χ3n) is 0.550. The molecule has 0 amide bonds. The number of oxime groups is 1. The lowest BCUT2D eigenvalue weighted by molar-refractivity contribution is -0.112. The van der Waals surface area contributed by atoms with Crippen molar-refractivity contribution >= 4 is 12.0 Å². The first kappa shape index (κ1) is 6.14. The average Bonchev–Trinajstić information content (AvgIpc) is 1.68. The number of ketones is 1. The van der Waals surface area contributed by atoms with E-state index in [0.29, 0.717) is 6.42 Å². The number of Topliss-reactive ketones (excluding diaryl/α,β-unsaturated/α-hetero) is 1. The summed E-state index contributed by atoms with van der Waals surface area (Å²) in [6, 6.07) is 0. The molecule has 3 heteroatoms. The van der Waals surface area contributed by atoms with Gasteiger partial charge in [0.05, 0.1) is 0 Å². The van der Waals surface area contributed by atoms with Gasteiger partial charge in [0.25, 0.3) is 0 Å². The molecule has 0 aromatic carbocycles. The van der Waals surface area contributed by atoms with E-state index in [-0.39, 0.29) is 5.78 Å². The average molecular weight is 101 g/mol. The third-order valence-corrected chi connectivity index (χ3v) is 0.550. The fraction of sp³-hybridized carbons (Fsp3) is 0.500. The lowest BCUT2D eigenvalue weighted by atomic mass is 10.3. The summed E-state index contributed by atoms with van der Waals surface area (Å²) in [4.78, 5) is 10.1. The number of carbonyl (C=O) groups excluding carboxylic acids is 1. The zero-order valence-electron chi connectivity index (χ0n) is 4.09. The minimum atomic E-state index is -0.164. The molecule has 0 aliphatic heterocycles. The van der Waals surface area contributed by atoms with E-state index in [4.69, 9.17) is 5.21 Å². The normalized spacial score (nSPS) is 9.86. The van der Waals surface area contributed by atoms with Gasteiger partial charge in [-0.3, -0.25) is 4.79 Å². The maximum Gasteiger partial charge on any atom is 0.176 e. The summed E-state index contributed by atoms with van der Waals surface area (Å²) < 4.78 is 0. The van der Waals surface area contributed by atoms with Crippen LogP contribution in [0.15, 0.2) is 5.16 Å². The number of nitrogens with zero attached hydrogens (tertiary/aromatic N) is 1. The molecule has 0 fully saturated rings. The molecule has 0 aliphatic rings. The van der Waals surface area contributed by atoms with Crippen molar-refractivity contribution in [3.63, 3.8) is 0 Å². The first-order chi connectivity index (χ1) is 3.31. The van der Waals surface area contributed by atoms with E-state index in [1.165, 1.54) is 0 Å². The van der Waals surface area contributed by atoms with E-state index < -0.39 is 0 Å². The largest absolute Gasteiger partial charge is 0.411 e. The Morgan fingerprint density at radius 2 is 2.57 bits per heavy atom. The molecule has 0 saturated heterocycles. The summed E-state index contributed by atoms with van der Waals surface area (Å²) in [6.45, 7) is 1.70. The van der Waals surface area contributed by atoms with Crippen LogP contribution >= 0.6 is 0 Å². The highest BCUT2D eigenvalue weighted by Gasteiger charge is 1.86. The molecule has 0 aliphatic carbocycles. The zero-order valence-corrected chi connectivity index (χ0v) is 4.09. The fourth-order valence-corrected chi connectivity index (χ4v) is 0.156. The number of hydrogen-bond donors (Lipinski definition) is 1. The molecular weight excluding hydrogens is 94.0 g/mol. The van der Waals surface area contributed by atoms with Crippen LogP contribution in [0.3, 0.4) is 0 Å². The first-order valence-electron chi connectivity index (χ1n) is 2.01. The van der Waals surface area contributed by atoms with Crippen molar-refractivity contribution in [1.29, 1.82) is 0 Å². The van der Waals surface area contributed by atoms with E-state index in [1.54, 1.807) is 6.92 Å². The fourth-order valence-electron chi connectivity index (χ4n) is 0.156. The summed E-state index contributed by atoms with van der Waals surface area (Å²) in [6.07, 6.45) is 1.28. The minimum absolute atomic E-state index is 0.164. The SMILES string of the molecule is CCC(=O)/C=N\O. The van der Waals surface area contributed by atoms with Gasteiger partial charge >= 0.3 is 0 Å². The number of rotatable bonds is 2. The summed E-state index contributed by atoms with van der Waals surface area (Å²) in [5.74, 6) is -0.164. The summed E-state index contributed by atoms with van der Waals surface area (Å²) in [5, 5.41) is 10.2. The van der Waals surface area contributed by atoms with Crippen LogP contribution in [0, 0.1) is 0 Å². The van der Waals surface area contributed by atoms with Crippen molar-refractivity contribution in [1.82, 2.24) is 0 Å². The molecule has 0 atom stereocenters. The molecule has 3 nitrogen and oxygen atoms in total. The predicted molar refractivity (Wildman–Crippen MR) is 25.6 cm³/mol. The second-order valence-electron chi connectivity index (χ2n) is 1.06. The monoisotopic (exact) mass is 101 g/mol. The Kier molecular flexibility index (Phi) is 2.92. The Morgan fingerprint density at radius 1 is 2.00 bits per heavy atom. The number of carbonyl (C=O) groups is 1. The van der Waals surface area contributed by atoms with E-state index in [1.807, 2.05) is 0 Å². The Labute approximate surface area is 41.6 Å². The van der Waals surface area contributed by atoms with Gasteiger partial charge in [-0.05, 0) is 0 Å². The van der Waals surface area contributed by atoms with Crippen LogP contribution in [-0.2, 0) is 4.79 Å². The topological polar surface area (TPSA) is 49.7 Å². The maximum atomic E-state index is 10.1. The Balaban J connectivity index is 3.37. The van der Waals surface area contributed by atoms with Crippen molar-refractivity contribution in [2.75, 3.05) is 0 Å². The Morgan fingerprint density at radius 3 is 2.71 bits per heavy atom. The lowest BCUT2D eigenvalue weighted by Gasteiger charge is -1.76. The van der Waals surface area contributed by atoms with Crippen LogP contribution in [0.25, 0.3) is 0 Å². The maximum absolute atomic E-state index is 10.1. The molecule has 0 rings (SSSR count). The van der Waals surface area contributed by atoms with Crippen LogP contribution in [0.5, 0.6) is 0 Å². The van der Waals surface area contributed by atoms with Crippen LogP contribution in [0.1, 0.15) is 13.3 Å². The van der Waals surface area contributed by atoms with Crippen LogP contribution in [-0.4, -0.2) is 17.2 Å². The highest BCUT2D eigenvalue weighted by atomic mass is 16.4. The second kappa shape index (κ2) is 3.33. The van der Waals surface area contributed by atoms with Gasteiger partial charge in [-0.15, -0.1) is 0 Å². The second-order valence-corrected chi connectivity index (χ2v) is 1.06. The van der Waals surface area contributed by atoms with Crippen LogP contribution in [0.2, 0.25) is 0 Å². The van der Waals surface area contributed by atoms with E-state index >= 15 is 0 Å². The van der Waals surface area contributed by atoms with Crippen molar-refractivity contribution in [3.8, 4) is 0 Å². The molecule has 0 aromatic heterocycles. The predicted octanol–water partition coefficient (Wildman–Crippen LogP) is 0.426. The Hall–Kier alpha value is -0.860. The molecule has 0 aromatic rings. The standard InChI is InChI=1S/C4H7NO2/c1-2-4(6)3-5-7/h3,7H,2H2,1H3/b5-3-. The van der Waals surface area contributed by atoms with E-state index in [2.05, 4.69) is 5.16 Å². The van der Waals surface area contributed by atoms with E-state index in [0.717, 1.165) is 6.21 Å². The lowest BCUT2D eigenvalue weighted by Crippen LogP contribution is -1.94. The highest BCUT2D eigenvalue weighted by Crippen LogP contribution is 1.72. The van der Waals surface area contributed by atoms with Crippen molar-refractivity contribution in [2.45, 2.75) is 13.3 Å². The van der Waals surface area contributed by atoms with Gasteiger partial charge in [0, 0.05) is 6.42 Å². The third kappa shape index (κ3) is 2.96. The van der Waals surface area contributed by atoms with Gasteiger partial charge in [-0.1, -0.05) is 12.1 Å². The number of hydrogen-bond acceptors (Lipinski definition) is 3. The molecule has 0 saturated carbocycles. The molecule has 0 radical (unpaired) electrons. The van der Waals surface area contributed by atoms with Crippen molar-refractivity contribution in [2.24, 2.45) is 5.16 Å². The van der Waals surface area contributed by atoms with Crippen LogP contribution < -0.4 is 0 Å². The summed E-state index contributed by atoms with van der Waals surface area (Å²) >= 11 is 0. The van der Waals surface area contributed by atoms with Gasteiger partial charge in [0.1, 0.15) is 6.21 Å².